The van der Waals surface area contributed by atoms with E-state index in [1.807, 2.05) is 32.0 Å². The minimum Gasteiger partial charge on any atom is -0.493 e. The van der Waals surface area contributed by atoms with E-state index < -0.39 is 0 Å². The third kappa shape index (κ3) is 4.32. The molecule has 0 spiro atoms. The molecule has 25 heavy (non-hydrogen) atoms. The molecule has 0 bridgehead atoms. The van der Waals surface area contributed by atoms with Gasteiger partial charge in [0.1, 0.15) is 0 Å². The van der Waals surface area contributed by atoms with Gasteiger partial charge in [-0.15, -0.1) is 0 Å². The Morgan fingerprint density at radius 1 is 0.960 bits per heavy atom. The van der Waals surface area contributed by atoms with E-state index in [4.69, 9.17) is 14.2 Å². The normalized spacial score (nSPS) is 10.6. The Labute approximate surface area is 148 Å². The summed E-state index contributed by atoms with van der Waals surface area (Å²) in [7, 11) is 4.66. The molecule has 5 nitrogen and oxygen atoms in total. The van der Waals surface area contributed by atoms with Crippen LogP contribution in [0.15, 0.2) is 42.6 Å². The zero-order valence-corrected chi connectivity index (χ0v) is 15.2. The lowest BCUT2D eigenvalue weighted by molar-refractivity contribution is 0.104. The Balaban J connectivity index is 2.19. The van der Waals surface area contributed by atoms with Crippen molar-refractivity contribution in [1.29, 1.82) is 0 Å². The van der Waals surface area contributed by atoms with Crippen molar-refractivity contribution in [3.05, 3.63) is 59.3 Å². The Kier molecular flexibility index (Phi) is 6.06. The number of nitrogens with one attached hydrogen (secondary N) is 1. The molecule has 1 N–H and O–H groups in total. The smallest absolute Gasteiger partial charge is 0.203 e. The van der Waals surface area contributed by atoms with E-state index in [1.54, 1.807) is 39.7 Å². The molecule has 132 valence electrons. The van der Waals surface area contributed by atoms with Gasteiger partial charge in [-0.2, -0.15) is 0 Å². The van der Waals surface area contributed by atoms with Gasteiger partial charge in [-0.05, 0) is 25.5 Å². The number of carbonyl (C=O) groups is 1. The summed E-state index contributed by atoms with van der Waals surface area (Å²) in [5.74, 6) is 1.55. The summed E-state index contributed by atoms with van der Waals surface area (Å²) in [5.41, 5.74) is 3.43. The Hall–Kier alpha value is -2.95. The zero-order chi connectivity index (χ0) is 18.4. The summed E-state index contributed by atoms with van der Waals surface area (Å²) in [6.45, 7) is 3.89. The molecule has 0 saturated heterocycles. The third-order valence-corrected chi connectivity index (χ3v) is 3.81. The van der Waals surface area contributed by atoms with Crippen molar-refractivity contribution in [2.45, 2.75) is 13.8 Å². The lowest BCUT2D eigenvalue weighted by Gasteiger charge is -2.14. The van der Waals surface area contributed by atoms with Crippen molar-refractivity contribution in [1.82, 2.24) is 0 Å². The van der Waals surface area contributed by atoms with E-state index in [1.165, 1.54) is 6.08 Å². The van der Waals surface area contributed by atoms with Crippen LogP contribution in [0.1, 0.15) is 21.5 Å². The van der Waals surface area contributed by atoms with E-state index in [9.17, 15) is 4.79 Å². The fraction of sp³-hybridized carbons (Fsp3) is 0.250. The minimum atomic E-state index is -0.0545. The van der Waals surface area contributed by atoms with Gasteiger partial charge < -0.3 is 19.5 Å². The van der Waals surface area contributed by atoms with E-state index in [-0.39, 0.29) is 5.78 Å². The number of allylic oxidation sites excluding steroid dienone is 1. The number of ether oxygens (including phenoxy) is 3. The van der Waals surface area contributed by atoms with Gasteiger partial charge in [-0.1, -0.05) is 17.7 Å². The fourth-order valence-corrected chi connectivity index (χ4v) is 2.47. The molecule has 5 heteroatoms. The van der Waals surface area contributed by atoms with Crippen molar-refractivity contribution in [3.63, 3.8) is 0 Å². The first-order valence-electron chi connectivity index (χ1n) is 7.84. The monoisotopic (exact) mass is 341 g/mol. The molecule has 0 amide bonds. The number of ketones is 1. The molecule has 0 atom stereocenters. The predicted molar refractivity (Wildman–Crippen MR) is 99.1 cm³/mol. The summed E-state index contributed by atoms with van der Waals surface area (Å²) < 4.78 is 15.9. The van der Waals surface area contributed by atoms with Crippen LogP contribution in [0.25, 0.3) is 0 Å². The maximum Gasteiger partial charge on any atom is 0.203 e. The molecule has 0 unspecified atom stereocenters. The number of carbonyl (C=O) groups excluding carboxylic acids is 1. The summed E-state index contributed by atoms with van der Waals surface area (Å²) in [6.07, 6.45) is 3.11. The van der Waals surface area contributed by atoms with Gasteiger partial charge in [0.05, 0.1) is 21.3 Å². The Bertz CT molecular complexity index is 771. The van der Waals surface area contributed by atoms with Crippen molar-refractivity contribution >= 4 is 11.5 Å². The van der Waals surface area contributed by atoms with Crippen LogP contribution in [0.5, 0.6) is 17.2 Å². The van der Waals surface area contributed by atoms with Gasteiger partial charge in [0.15, 0.2) is 17.3 Å². The second-order valence-electron chi connectivity index (χ2n) is 5.57. The Morgan fingerprint density at radius 2 is 1.60 bits per heavy atom. The SMILES string of the molecule is COc1cc(NC=CC(=O)c2cc(C)ccc2C)cc(OC)c1OC. The van der Waals surface area contributed by atoms with Crippen molar-refractivity contribution < 1.29 is 19.0 Å². The molecule has 0 aliphatic heterocycles. The van der Waals surface area contributed by atoms with Crippen LogP contribution in [0.2, 0.25) is 0 Å². The molecule has 0 fully saturated rings. The molecule has 2 aromatic carbocycles. The van der Waals surface area contributed by atoms with Gasteiger partial charge in [0.2, 0.25) is 5.75 Å². The van der Waals surface area contributed by atoms with E-state index in [0.29, 0.717) is 22.8 Å². The molecular weight excluding hydrogens is 318 g/mol. The van der Waals surface area contributed by atoms with Gasteiger partial charge in [-0.25, -0.2) is 0 Å². The second-order valence-corrected chi connectivity index (χ2v) is 5.57. The third-order valence-electron chi connectivity index (χ3n) is 3.81. The summed E-state index contributed by atoms with van der Waals surface area (Å²) in [4.78, 5) is 12.4. The van der Waals surface area contributed by atoms with Crippen LogP contribution in [0, 0.1) is 13.8 Å². The molecule has 0 aliphatic carbocycles. The topological polar surface area (TPSA) is 56.8 Å². The quantitative estimate of drug-likeness (QED) is 0.606. The second kappa shape index (κ2) is 8.24. The number of benzene rings is 2. The lowest BCUT2D eigenvalue weighted by atomic mass is 10.0. The van der Waals surface area contributed by atoms with Crippen molar-refractivity contribution in [2.24, 2.45) is 0 Å². The molecular formula is C20H23NO4. The first-order valence-corrected chi connectivity index (χ1v) is 7.84. The fourth-order valence-electron chi connectivity index (χ4n) is 2.47. The van der Waals surface area contributed by atoms with Gasteiger partial charge >= 0.3 is 0 Å². The molecule has 0 radical (unpaired) electrons. The van der Waals surface area contributed by atoms with E-state index in [2.05, 4.69) is 5.32 Å². The standard InChI is InChI=1S/C20H23NO4/c1-13-6-7-14(2)16(10-13)17(22)8-9-21-15-11-18(23-3)20(25-5)19(12-15)24-4/h6-12,21H,1-5H3. The number of hydrogen-bond donors (Lipinski definition) is 1. The van der Waals surface area contributed by atoms with Crippen molar-refractivity contribution in [3.8, 4) is 17.2 Å². The summed E-state index contributed by atoms with van der Waals surface area (Å²) in [6, 6.07) is 9.37. The number of anilines is 1. The molecule has 2 rings (SSSR count). The molecule has 0 saturated carbocycles. The van der Waals surface area contributed by atoms with Crippen LogP contribution >= 0.6 is 0 Å². The van der Waals surface area contributed by atoms with Gasteiger partial charge in [0.25, 0.3) is 0 Å². The first kappa shape index (κ1) is 18.4. The molecule has 0 aromatic heterocycles. The highest BCUT2D eigenvalue weighted by Crippen LogP contribution is 2.39. The average Bonchev–Trinajstić information content (AvgIpc) is 2.62. The lowest BCUT2D eigenvalue weighted by Crippen LogP contribution is -2.00. The maximum absolute atomic E-state index is 12.4. The highest BCUT2D eigenvalue weighted by molar-refractivity contribution is 6.05. The van der Waals surface area contributed by atoms with Gasteiger partial charge in [0, 0.05) is 35.7 Å². The molecule has 0 aliphatic rings. The van der Waals surface area contributed by atoms with E-state index >= 15 is 0 Å². The first-order chi connectivity index (χ1) is 12.0. The highest BCUT2D eigenvalue weighted by atomic mass is 16.5. The van der Waals surface area contributed by atoms with Crippen LogP contribution < -0.4 is 19.5 Å². The number of hydrogen-bond acceptors (Lipinski definition) is 5. The number of rotatable bonds is 7. The van der Waals surface area contributed by atoms with Crippen LogP contribution in [0.4, 0.5) is 5.69 Å². The van der Waals surface area contributed by atoms with E-state index in [0.717, 1.165) is 16.8 Å². The maximum atomic E-state index is 12.4. The molecule has 2 aromatic rings. The number of methoxy groups -OCH3 is 3. The molecule has 0 heterocycles. The average molecular weight is 341 g/mol. The Morgan fingerprint density at radius 3 is 2.16 bits per heavy atom. The zero-order valence-electron chi connectivity index (χ0n) is 15.2. The van der Waals surface area contributed by atoms with Gasteiger partial charge in [-0.3, -0.25) is 4.79 Å². The summed E-state index contributed by atoms with van der Waals surface area (Å²) in [5, 5.41) is 3.06. The highest BCUT2D eigenvalue weighted by Gasteiger charge is 2.12. The van der Waals surface area contributed by atoms with Crippen LogP contribution in [-0.4, -0.2) is 27.1 Å². The predicted octanol–water partition coefficient (Wildman–Crippen LogP) is 4.14. The summed E-state index contributed by atoms with van der Waals surface area (Å²) >= 11 is 0. The minimum absolute atomic E-state index is 0.0545. The van der Waals surface area contributed by atoms with Crippen LogP contribution in [0.3, 0.4) is 0 Å². The van der Waals surface area contributed by atoms with Crippen molar-refractivity contribution in [2.75, 3.05) is 26.6 Å². The largest absolute Gasteiger partial charge is 0.493 e. The number of aryl methyl sites for hydroxylation is 2. The van der Waals surface area contributed by atoms with Crippen LogP contribution in [-0.2, 0) is 0 Å².